The Labute approximate surface area is 94.2 Å². The Balaban J connectivity index is 2.18. The number of nitrogens with zero attached hydrogens (tertiary/aromatic N) is 1. The third-order valence-corrected chi connectivity index (χ3v) is 3.42. The topological polar surface area (TPSA) is 62.2 Å². The zero-order valence-corrected chi connectivity index (χ0v) is 9.22. The first-order valence-corrected chi connectivity index (χ1v) is 5.95. The van der Waals surface area contributed by atoms with Gasteiger partial charge in [-0.15, -0.1) is 22.7 Å². The quantitative estimate of drug-likeness (QED) is 0.861. The van der Waals surface area contributed by atoms with Gasteiger partial charge in [0, 0.05) is 16.5 Å². The molecule has 0 saturated carbocycles. The smallest absolute Gasteiger partial charge is 0.331 e. The van der Waals surface area contributed by atoms with Crippen LogP contribution in [-0.4, -0.2) is 16.1 Å². The zero-order valence-electron chi connectivity index (χ0n) is 7.58. The van der Waals surface area contributed by atoms with Gasteiger partial charge in [-0.25, -0.2) is 9.78 Å². The van der Waals surface area contributed by atoms with Crippen molar-refractivity contribution in [3.63, 3.8) is 0 Å². The molecule has 0 aliphatic heterocycles. The van der Waals surface area contributed by atoms with E-state index < -0.39 is 12.0 Å². The molecule has 2 aromatic heterocycles. The Hall–Kier alpha value is -1.40. The molecule has 0 fully saturated rings. The minimum absolute atomic E-state index is 0.621. The summed E-state index contributed by atoms with van der Waals surface area (Å²) in [4.78, 5) is 15.8. The van der Waals surface area contributed by atoms with Gasteiger partial charge < -0.3 is 10.4 Å². The molecular weight excluding hydrogens is 232 g/mol. The standard InChI is InChI=1S/C9H8N2O2S2/c12-8(13)7(6-2-1-4-14-6)11-9-10-3-5-15-9/h1-5,7H,(H,10,11)(H,12,13). The maximum atomic E-state index is 11.0. The monoisotopic (exact) mass is 240 g/mol. The van der Waals surface area contributed by atoms with Crippen molar-refractivity contribution in [3.05, 3.63) is 34.0 Å². The second-order valence-corrected chi connectivity index (χ2v) is 4.64. The van der Waals surface area contributed by atoms with E-state index in [1.807, 2.05) is 11.4 Å². The third kappa shape index (κ3) is 2.34. The van der Waals surface area contributed by atoms with Crippen LogP contribution in [0.25, 0.3) is 0 Å². The lowest BCUT2D eigenvalue weighted by Gasteiger charge is -2.11. The molecule has 1 unspecified atom stereocenters. The van der Waals surface area contributed by atoms with Crippen molar-refractivity contribution < 1.29 is 9.90 Å². The number of aliphatic carboxylic acids is 1. The van der Waals surface area contributed by atoms with Crippen molar-refractivity contribution in [2.75, 3.05) is 5.32 Å². The Morgan fingerprint density at radius 1 is 1.47 bits per heavy atom. The van der Waals surface area contributed by atoms with Gasteiger partial charge in [0.25, 0.3) is 0 Å². The number of hydrogen-bond donors (Lipinski definition) is 2. The number of rotatable bonds is 4. The number of anilines is 1. The van der Waals surface area contributed by atoms with E-state index in [1.54, 1.807) is 17.6 Å². The van der Waals surface area contributed by atoms with Crippen LogP contribution in [0, 0.1) is 0 Å². The number of thiophene rings is 1. The number of carbonyl (C=O) groups is 1. The first-order chi connectivity index (χ1) is 7.27. The number of aromatic nitrogens is 1. The number of carboxylic acid groups (broad SMARTS) is 1. The molecule has 0 aliphatic rings. The lowest BCUT2D eigenvalue weighted by Crippen LogP contribution is -2.19. The molecule has 4 nitrogen and oxygen atoms in total. The van der Waals surface area contributed by atoms with Crippen LogP contribution in [0.3, 0.4) is 0 Å². The van der Waals surface area contributed by atoms with E-state index >= 15 is 0 Å². The van der Waals surface area contributed by atoms with E-state index in [9.17, 15) is 4.79 Å². The molecule has 2 heterocycles. The summed E-state index contributed by atoms with van der Waals surface area (Å²) in [5.74, 6) is -0.896. The third-order valence-electron chi connectivity index (χ3n) is 1.77. The largest absolute Gasteiger partial charge is 0.479 e. The lowest BCUT2D eigenvalue weighted by atomic mass is 10.2. The number of nitrogens with one attached hydrogen (secondary N) is 1. The first kappa shape index (κ1) is 10.1. The predicted molar refractivity (Wildman–Crippen MR) is 60.4 cm³/mol. The van der Waals surface area contributed by atoms with Crippen LogP contribution < -0.4 is 5.32 Å². The molecule has 2 N–H and O–H groups in total. The van der Waals surface area contributed by atoms with E-state index in [0.717, 1.165) is 4.88 Å². The maximum Gasteiger partial charge on any atom is 0.331 e. The number of carboxylic acids is 1. The van der Waals surface area contributed by atoms with Gasteiger partial charge in [-0.1, -0.05) is 6.07 Å². The second-order valence-electron chi connectivity index (χ2n) is 2.77. The Morgan fingerprint density at radius 3 is 2.87 bits per heavy atom. The predicted octanol–water partition coefficient (Wildman–Crippen LogP) is 2.44. The SMILES string of the molecule is O=C(O)C(Nc1nccs1)c1cccs1. The van der Waals surface area contributed by atoms with E-state index in [0.29, 0.717) is 5.13 Å². The van der Waals surface area contributed by atoms with Crippen molar-refractivity contribution in [3.8, 4) is 0 Å². The summed E-state index contributed by atoms with van der Waals surface area (Å²) in [6.45, 7) is 0. The van der Waals surface area contributed by atoms with Crippen molar-refractivity contribution in [1.82, 2.24) is 4.98 Å². The molecule has 15 heavy (non-hydrogen) atoms. The van der Waals surface area contributed by atoms with Crippen LogP contribution in [0.1, 0.15) is 10.9 Å². The Kier molecular flexibility index (Phi) is 2.98. The molecule has 0 spiro atoms. The summed E-state index contributed by atoms with van der Waals surface area (Å²) in [6, 6.07) is 2.92. The van der Waals surface area contributed by atoms with E-state index in [-0.39, 0.29) is 0 Å². The van der Waals surface area contributed by atoms with Crippen LogP contribution in [0.2, 0.25) is 0 Å². The van der Waals surface area contributed by atoms with Gasteiger partial charge in [0.2, 0.25) is 0 Å². The molecule has 2 aromatic rings. The molecular formula is C9H8N2O2S2. The van der Waals surface area contributed by atoms with Crippen LogP contribution >= 0.6 is 22.7 Å². The lowest BCUT2D eigenvalue weighted by molar-refractivity contribution is -0.138. The molecule has 0 saturated heterocycles. The molecule has 78 valence electrons. The molecule has 2 rings (SSSR count). The van der Waals surface area contributed by atoms with Gasteiger partial charge in [0.15, 0.2) is 11.2 Å². The molecule has 0 aromatic carbocycles. The van der Waals surface area contributed by atoms with E-state index in [4.69, 9.17) is 5.11 Å². The first-order valence-electron chi connectivity index (χ1n) is 4.19. The van der Waals surface area contributed by atoms with Gasteiger partial charge in [0.1, 0.15) is 0 Å². The summed E-state index contributed by atoms with van der Waals surface area (Å²) in [5, 5.41) is 16.2. The Morgan fingerprint density at radius 2 is 2.33 bits per heavy atom. The molecule has 0 radical (unpaired) electrons. The molecule has 6 heteroatoms. The number of thiazole rings is 1. The van der Waals surface area contributed by atoms with Gasteiger partial charge in [-0.3, -0.25) is 0 Å². The van der Waals surface area contributed by atoms with Crippen LogP contribution in [0.5, 0.6) is 0 Å². The number of hydrogen-bond acceptors (Lipinski definition) is 5. The fourth-order valence-electron chi connectivity index (χ4n) is 1.13. The van der Waals surface area contributed by atoms with Crippen LogP contribution in [-0.2, 0) is 4.79 Å². The van der Waals surface area contributed by atoms with Crippen molar-refractivity contribution in [2.45, 2.75) is 6.04 Å². The average molecular weight is 240 g/mol. The highest BCUT2D eigenvalue weighted by Crippen LogP contribution is 2.24. The van der Waals surface area contributed by atoms with E-state index in [1.165, 1.54) is 22.7 Å². The fourth-order valence-corrected chi connectivity index (χ4v) is 2.45. The second kappa shape index (κ2) is 4.41. The summed E-state index contributed by atoms with van der Waals surface area (Å²) in [5.41, 5.74) is 0. The summed E-state index contributed by atoms with van der Waals surface area (Å²) in [6.07, 6.45) is 1.64. The van der Waals surface area contributed by atoms with Crippen molar-refractivity contribution in [1.29, 1.82) is 0 Å². The molecule has 1 atom stereocenters. The van der Waals surface area contributed by atoms with E-state index in [2.05, 4.69) is 10.3 Å². The van der Waals surface area contributed by atoms with Crippen LogP contribution in [0.15, 0.2) is 29.1 Å². The van der Waals surface area contributed by atoms with Gasteiger partial charge in [-0.05, 0) is 11.4 Å². The van der Waals surface area contributed by atoms with Crippen LogP contribution in [0.4, 0.5) is 5.13 Å². The van der Waals surface area contributed by atoms with Crippen molar-refractivity contribution >= 4 is 33.8 Å². The van der Waals surface area contributed by atoms with Gasteiger partial charge in [0.05, 0.1) is 0 Å². The minimum Gasteiger partial charge on any atom is -0.479 e. The highest BCUT2D eigenvalue weighted by Gasteiger charge is 2.21. The zero-order chi connectivity index (χ0) is 10.7. The highest BCUT2D eigenvalue weighted by atomic mass is 32.1. The normalized spacial score (nSPS) is 12.3. The fraction of sp³-hybridized carbons (Fsp3) is 0.111. The minimum atomic E-state index is -0.896. The maximum absolute atomic E-state index is 11.0. The molecule has 0 bridgehead atoms. The van der Waals surface area contributed by atoms with Gasteiger partial charge in [-0.2, -0.15) is 0 Å². The van der Waals surface area contributed by atoms with Gasteiger partial charge >= 0.3 is 5.97 Å². The molecule has 0 amide bonds. The molecule has 0 aliphatic carbocycles. The summed E-state index contributed by atoms with van der Waals surface area (Å²) < 4.78 is 0. The highest BCUT2D eigenvalue weighted by molar-refractivity contribution is 7.13. The summed E-state index contributed by atoms with van der Waals surface area (Å²) in [7, 11) is 0. The Bertz CT molecular complexity index is 425. The van der Waals surface area contributed by atoms with Crippen molar-refractivity contribution in [2.24, 2.45) is 0 Å². The average Bonchev–Trinajstić information content (AvgIpc) is 2.87. The summed E-state index contributed by atoms with van der Waals surface area (Å²) >= 11 is 2.80.